The molecule has 6 nitrogen and oxygen atoms in total. The zero-order valence-electron chi connectivity index (χ0n) is 9.86. The van der Waals surface area contributed by atoms with Crippen LogP contribution in [0.3, 0.4) is 0 Å². The van der Waals surface area contributed by atoms with Gasteiger partial charge in [0.25, 0.3) is 0 Å². The van der Waals surface area contributed by atoms with Crippen LogP contribution in [0.4, 0.5) is 11.5 Å². The number of halogens is 1. The third-order valence-corrected chi connectivity index (χ3v) is 4.97. The van der Waals surface area contributed by atoms with Crippen molar-refractivity contribution in [2.75, 3.05) is 23.9 Å². The van der Waals surface area contributed by atoms with Crippen molar-refractivity contribution in [2.45, 2.75) is 18.6 Å². The van der Waals surface area contributed by atoms with Crippen molar-refractivity contribution in [3.05, 3.63) is 11.5 Å². The molecule has 17 heavy (non-hydrogen) atoms. The normalized spacial score (nSPS) is 12.5. The molecule has 0 saturated heterocycles. The first-order valence-electron chi connectivity index (χ1n) is 4.84. The maximum atomic E-state index is 11.5. The number of nitrogen functional groups attached to an aromatic ring is 1. The Bertz CT molecular complexity index is 516. The van der Waals surface area contributed by atoms with E-state index in [1.807, 2.05) is 0 Å². The number of nitrogens with two attached hydrogens (primary N) is 1. The number of aromatic nitrogens is 2. The van der Waals surface area contributed by atoms with Crippen molar-refractivity contribution in [1.29, 1.82) is 0 Å². The number of nitrogens with one attached hydrogen (secondary N) is 1. The maximum Gasteiger partial charge on any atom is 0.157 e. The summed E-state index contributed by atoms with van der Waals surface area (Å²) >= 11 is 5.72. The summed E-state index contributed by atoms with van der Waals surface area (Å²) < 4.78 is 22.1. The quantitative estimate of drug-likeness (QED) is 0.796. The summed E-state index contributed by atoms with van der Waals surface area (Å²) in [6.07, 6.45) is 2.44. The number of rotatable bonds is 4. The van der Waals surface area contributed by atoms with Gasteiger partial charge in [-0.25, -0.2) is 18.4 Å². The van der Waals surface area contributed by atoms with Gasteiger partial charge in [0.1, 0.15) is 12.0 Å². The number of anilines is 2. The molecule has 0 radical (unpaired) electrons. The molecule has 0 saturated carbocycles. The molecule has 0 spiro atoms. The van der Waals surface area contributed by atoms with Gasteiger partial charge in [-0.2, -0.15) is 0 Å². The highest BCUT2D eigenvalue weighted by Gasteiger charge is 2.30. The summed E-state index contributed by atoms with van der Waals surface area (Å²) in [7, 11) is -3.18. The highest BCUT2D eigenvalue weighted by atomic mass is 35.5. The first-order chi connectivity index (χ1) is 7.65. The summed E-state index contributed by atoms with van der Waals surface area (Å²) in [4.78, 5) is 7.60. The van der Waals surface area contributed by atoms with E-state index >= 15 is 0 Å². The van der Waals surface area contributed by atoms with Crippen molar-refractivity contribution in [3.8, 4) is 0 Å². The van der Waals surface area contributed by atoms with Crippen LogP contribution in [-0.2, 0) is 9.84 Å². The van der Waals surface area contributed by atoms with Gasteiger partial charge in [-0.3, -0.25) is 0 Å². The van der Waals surface area contributed by atoms with Gasteiger partial charge in [0.2, 0.25) is 0 Å². The average Bonchev–Trinajstić information content (AvgIpc) is 2.18. The molecule has 0 amide bonds. The molecule has 0 atom stereocenters. The van der Waals surface area contributed by atoms with Crippen LogP contribution in [0.2, 0.25) is 5.15 Å². The Morgan fingerprint density at radius 1 is 1.47 bits per heavy atom. The second-order valence-electron chi connectivity index (χ2n) is 4.31. The Balaban J connectivity index is 2.85. The fourth-order valence-corrected chi connectivity index (χ4v) is 1.41. The van der Waals surface area contributed by atoms with Crippen molar-refractivity contribution in [3.63, 3.8) is 0 Å². The molecule has 1 rings (SSSR count). The molecular formula is C9H15ClN4O2S. The summed E-state index contributed by atoms with van der Waals surface area (Å²) in [5.41, 5.74) is 5.86. The maximum absolute atomic E-state index is 11.5. The van der Waals surface area contributed by atoms with E-state index in [9.17, 15) is 8.42 Å². The lowest BCUT2D eigenvalue weighted by Crippen LogP contribution is -2.38. The molecule has 96 valence electrons. The first-order valence-corrected chi connectivity index (χ1v) is 7.11. The molecule has 1 aromatic rings. The van der Waals surface area contributed by atoms with Crippen LogP contribution in [0.25, 0.3) is 0 Å². The standard InChI is InChI=1S/C9H15ClN4O2S/c1-9(2,17(3,15)16)4-12-8-6(11)7(10)13-5-14-8/h5H,4,11H2,1-3H3,(H,12,13,14). The third kappa shape index (κ3) is 3.19. The zero-order valence-corrected chi connectivity index (χ0v) is 11.4. The van der Waals surface area contributed by atoms with Gasteiger partial charge in [0, 0.05) is 12.8 Å². The number of hydrogen-bond acceptors (Lipinski definition) is 6. The van der Waals surface area contributed by atoms with Crippen molar-refractivity contribution < 1.29 is 8.42 Å². The molecule has 1 aromatic heterocycles. The van der Waals surface area contributed by atoms with Crippen LogP contribution in [0.1, 0.15) is 13.8 Å². The van der Waals surface area contributed by atoms with E-state index in [4.69, 9.17) is 17.3 Å². The SMILES string of the molecule is CC(C)(CNc1ncnc(Cl)c1N)S(C)(=O)=O. The number of sulfone groups is 1. The van der Waals surface area contributed by atoms with Crippen LogP contribution >= 0.6 is 11.6 Å². The average molecular weight is 279 g/mol. The van der Waals surface area contributed by atoms with E-state index in [-0.39, 0.29) is 17.4 Å². The molecule has 0 aromatic carbocycles. The third-order valence-electron chi connectivity index (χ3n) is 2.52. The molecule has 0 unspecified atom stereocenters. The van der Waals surface area contributed by atoms with E-state index in [0.717, 1.165) is 0 Å². The molecule has 0 aliphatic heterocycles. The Hall–Kier alpha value is -1.08. The predicted octanol–water partition coefficient (Wildman–Crippen LogP) is 0.947. The van der Waals surface area contributed by atoms with Crippen LogP contribution in [-0.4, -0.2) is 35.9 Å². The lowest BCUT2D eigenvalue weighted by atomic mass is 10.2. The Morgan fingerprint density at radius 2 is 2.06 bits per heavy atom. The smallest absolute Gasteiger partial charge is 0.157 e. The first kappa shape index (κ1) is 14.0. The lowest BCUT2D eigenvalue weighted by Gasteiger charge is -2.23. The van der Waals surface area contributed by atoms with Gasteiger partial charge in [-0.15, -0.1) is 0 Å². The van der Waals surface area contributed by atoms with E-state index in [0.29, 0.717) is 5.82 Å². The second-order valence-corrected chi connectivity index (χ2v) is 7.32. The van der Waals surface area contributed by atoms with E-state index < -0.39 is 14.6 Å². The summed E-state index contributed by atoms with van der Waals surface area (Å²) in [5.74, 6) is 0.335. The minimum atomic E-state index is -3.18. The largest absolute Gasteiger partial charge is 0.393 e. The van der Waals surface area contributed by atoms with Crippen molar-refractivity contribution in [1.82, 2.24) is 9.97 Å². The minimum absolute atomic E-state index is 0.139. The van der Waals surface area contributed by atoms with E-state index in [1.54, 1.807) is 13.8 Å². The fraction of sp³-hybridized carbons (Fsp3) is 0.556. The second kappa shape index (κ2) is 4.66. The van der Waals surface area contributed by atoms with E-state index in [1.165, 1.54) is 12.6 Å². The highest BCUT2D eigenvalue weighted by Crippen LogP contribution is 2.23. The van der Waals surface area contributed by atoms with Crippen LogP contribution in [0.15, 0.2) is 6.33 Å². The Kier molecular flexibility index (Phi) is 3.83. The number of hydrogen-bond donors (Lipinski definition) is 2. The minimum Gasteiger partial charge on any atom is -0.393 e. The molecule has 3 N–H and O–H groups in total. The molecule has 8 heteroatoms. The molecule has 0 aliphatic rings. The van der Waals surface area contributed by atoms with Crippen LogP contribution < -0.4 is 11.1 Å². The topological polar surface area (TPSA) is 98.0 Å². The molecular weight excluding hydrogens is 264 g/mol. The van der Waals surface area contributed by atoms with Crippen molar-refractivity contribution in [2.24, 2.45) is 0 Å². The van der Waals surface area contributed by atoms with Gasteiger partial charge in [-0.05, 0) is 13.8 Å². The van der Waals surface area contributed by atoms with Crippen LogP contribution in [0.5, 0.6) is 0 Å². The summed E-state index contributed by atoms with van der Waals surface area (Å²) in [5, 5.41) is 3.00. The monoisotopic (exact) mass is 278 g/mol. The predicted molar refractivity (Wildman–Crippen MR) is 68.9 cm³/mol. The molecule has 1 heterocycles. The molecule has 0 fully saturated rings. The summed E-state index contributed by atoms with van der Waals surface area (Å²) in [6, 6.07) is 0. The van der Waals surface area contributed by atoms with Gasteiger partial charge in [0.05, 0.1) is 4.75 Å². The van der Waals surface area contributed by atoms with Gasteiger partial charge in [0.15, 0.2) is 20.8 Å². The van der Waals surface area contributed by atoms with Crippen LogP contribution in [0, 0.1) is 0 Å². The van der Waals surface area contributed by atoms with E-state index in [2.05, 4.69) is 15.3 Å². The van der Waals surface area contributed by atoms with Gasteiger partial charge in [-0.1, -0.05) is 11.6 Å². The number of nitrogens with zero attached hydrogens (tertiary/aromatic N) is 2. The zero-order chi connectivity index (χ0) is 13.3. The Morgan fingerprint density at radius 3 is 2.59 bits per heavy atom. The lowest BCUT2D eigenvalue weighted by molar-refractivity contribution is 0.559. The Labute approximate surface area is 106 Å². The molecule has 0 aliphatic carbocycles. The summed E-state index contributed by atoms with van der Waals surface area (Å²) in [6.45, 7) is 3.42. The van der Waals surface area contributed by atoms with Gasteiger partial charge >= 0.3 is 0 Å². The highest BCUT2D eigenvalue weighted by molar-refractivity contribution is 7.92. The van der Waals surface area contributed by atoms with Crippen molar-refractivity contribution >= 4 is 32.9 Å². The van der Waals surface area contributed by atoms with Gasteiger partial charge < -0.3 is 11.1 Å². The fourth-order valence-electron chi connectivity index (χ4n) is 0.943. The molecule has 0 bridgehead atoms.